The summed E-state index contributed by atoms with van der Waals surface area (Å²) in [5.41, 5.74) is 1.23. The summed E-state index contributed by atoms with van der Waals surface area (Å²) in [5, 5.41) is 4.39. The van der Waals surface area contributed by atoms with Gasteiger partial charge in [0.15, 0.2) is 17.3 Å². The first-order valence-corrected chi connectivity index (χ1v) is 11.7. The first-order valence-electron chi connectivity index (χ1n) is 10.1. The number of aromatic nitrogens is 3. The van der Waals surface area contributed by atoms with E-state index in [4.69, 9.17) is 14.2 Å². The van der Waals surface area contributed by atoms with Crippen molar-refractivity contribution < 1.29 is 19.0 Å². The zero-order chi connectivity index (χ0) is 23.5. The van der Waals surface area contributed by atoms with E-state index < -0.39 is 5.97 Å². The van der Waals surface area contributed by atoms with Crippen LogP contribution in [0.2, 0.25) is 0 Å². The minimum atomic E-state index is -0.461. The first-order chi connectivity index (χ1) is 15.9. The lowest BCUT2D eigenvalue weighted by Crippen LogP contribution is -2.23. The fourth-order valence-corrected chi connectivity index (χ4v) is 4.54. The molecule has 0 atom stereocenters. The van der Waals surface area contributed by atoms with Gasteiger partial charge in [-0.3, -0.25) is 9.59 Å². The number of thiazole rings is 1. The number of fused-ring (bicyclic) bond motifs is 1. The number of esters is 1. The number of hydrogen-bond donors (Lipinski definition) is 0. The zero-order valence-electron chi connectivity index (χ0n) is 18.1. The second-order valence-corrected chi connectivity index (χ2v) is 8.91. The van der Waals surface area contributed by atoms with Crippen LogP contribution in [-0.2, 0) is 4.79 Å². The molecule has 2 aromatic heterocycles. The molecule has 0 aliphatic rings. The Morgan fingerprint density at radius 3 is 2.64 bits per heavy atom. The van der Waals surface area contributed by atoms with Crippen LogP contribution in [0.25, 0.3) is 22.4 Å². The van der Waals surface area contributed by atoms with Gasteiger partial charge < -0.3 is 14.2 Å². The van der Waals surface area contributed by atoms with Crippen molar-refractivity contribution in [2.75, 3.05) is 13.7 Å². The monoisotopic (exact) mass is 529 g/mol. The molecule has 170 valence electrons. The zero-order valence-corrected chi connectivity index (χ0v) is 20.5. The third kappa shape index (κ3) is 4.91. The molecule has 4 rings (SSSR count). The molecule has 8 nitrogen and oxygen atoms in total. The summed E-state index contributed by atoms with van der Waals surface area (Å²) in [4.78, 5) is 29.3. The van der Waals surface area contributed by atoms with Gasteiger partial charge in [-0.05, 0) is 70.4 Å². The molecule has 0 N–H and O–H groups in total. The fraction of sp³-hybridized carbons (Fsp3) is 0.217. The lowest BCUT2D eigenvalue weighted by Gasteiger charge is -2.10. The van der Waals surface area contributed by atoms with Crippen molar-refractivity contribution in [3.05, 3.63) is 61.3 Å². The van der Waals surface area contributed by atoms with E-state index in [1.807, 2.05) is 24.3 Å². The SMILES string of the molecule is CCCOc1ccc(-c2nc3s/c(=C/c4cc(Br)c(OC(C)=O)c(OC)c4)c(=O)n3n2)cc1. The second kappa shape index (κ2) is 9.72. The Morgan fingerprint density at radius 1 is 1.24 bits per heavy atom. The molecule has 0 saturated heterocycles. The lowest BCUT2D eigenvalue weighted by molar-refractivity contribution is -0.132. The van der Waals surface area contributed by atoms with Crippen LogP contribution in [-0.4, -0.2) is 34.3 Å². The molecule has 33 heavy (non-hydrogen) atoms. The van der Waals surface area contributed by atoms with Crippen LogP contribution in [0.5, 0.6) is 17.2 Å². The topological polar surface area (TPSA) is 92.0 Å². The van der Waals surface area contributed by atoms with Crippen molar-refractivity contribution in [3.8, 4) is 28.6 Å². The van der Waals surface area contributed by atoms with Crippen molar-refractivity contribution >= 4 is 44.3 Å². The van der Waals surface area contributed by atoms with Crippen LogP contribution < -0.4 is 24.3 Å². The molecule has 2 heterocycles. The van der Waals surface area contributed by atoms with Gasteiger partial charge in [-0.25, -0.2) is 0 Å². The number of benzene rings is 2. The minimum Gasteiger partial charge on any atom is -0.494 e. The average Bonchev–Trinajstić information content (AvgIpc) is 3.33. The Morgan fingerprint density at radius 2 is 2.00 bits per heavy atom. The molecule has 0 unspecified atom stereocenters. The normalized spacial score (nSPS) is 11.7. The maximum absolute atomic E-state index is 12.9. The van der Waals surface area contributed by atoms with Crippen molar-refractivity contribution in [1.82, 2.24) is 14.6 Å². The molecule has 0 aliphatic heterocycles. The van der Waals surface area contributed by atoms with Gasteiger partial charge in [-0.1, -0.05) is 18.3 Å². The van der Waals surface area contributed by atoms with Gasteiger partial charge in [0.2, 0.25) is 4.96 Å². The van der Waals surface area contributed by atoms with E-state index in [0.29, 0.717) is 37.7 Å². The van der Waals surface area contributed by atoms with Crippen LogP contribution in [0.1, 0.15) is 25.8 Å². The molecule has 0 spiro atoms. The third-order valence-corrected chi connectivity index (χ3v) is 6.11. The molecular weight excluding hydrogens is 510 g/mol. The van der Waals surface area contributed by atoms with Crippen molar-refractivity contribution in [1.29, 1.82) is 0 Å². The molecule has 0 amide bonds. The van der Waals surface area contributed by atoms with Gasteiger partial charge >= 0.3 is 5.97 Å². The standard InChI is InChI=1S/C23H20BrN3O5S/c1-4-9-31-16-7-5-15(6-8-16)21-25-23-27(26-21)22(29)19(33-23)12-14-10-17(24)20(32-13(2)28)18(11-14)30-3/h5-8,10-12H,4,9H2,1-3H3/b19-12+. The Bertz CT molecular complexity index is 1430. The predicted octanol–water partition coefficient (Wildman–Crippen LogP) is 3.85. The average molecular weight is 530 g/mol. The van der Waals surface area contributed by atoms with Gasteiger partial charge in [0.25, 0.3) is 5.56 Å². The maximum atomic E-state index is 12.9. The van der Waals surface area contributed by atoms with Crippen molar-refractivity contribution in [3.63, 3.8) is 0 Å². The molecule has 2 aromatic carbocycles. The molecule has 0 fully saturated rings. The van der Waals surface area contributed by atoms with Crippen LogP contribution in [0.3, 0.4) is 0 Å². The molecular formula is C23H20BrN3O5S. The van der Waals surface area contributed by atoms with Crippen LogP contribution in [0.15, 0.2) is 45.7 Å². The molecule has 0 aliphatic carbocycles. The fourth-order valence-electron chi connectivity index (χ4n) is 3.09. The number of halogens is 1. The number of hydrogen-bond acceptors (Lipinski definition) is 8. The Hall–Kier alpha value is -3.24. The summed E-state index contributed by atoms with van der Waals surface area (Å²) in [7, 11) is 1.48. The van der Waals surface area contributed by atoms with E-state index in [-0.39, 0.29) is 11.3 Å². The lowest BCUT2D eigenvalue weighted by atomic mass is 10.2. The second-order valence-electron chi connectivity index (χ2n) is 7.05. The summed E-state index contributed by atoms with van der Waals surface area (Å²) < 4.78 is 18.4. The summed E-state index contributed by atoms with van der Waals surface area (Å²) in [6, 6.07) is 10.9. The number of ether oxygens (including phenoxy) is 3. The van der Waals surface area contributed by atoms with Crippen molar-refractivity contribution in [2.24, 2.45) is 0 Å². The highest BCUT2D eigenvalue weighted by atomic mass is 79.9. The van der Waals surface area contributed by atoms with Crippen LogP contribution in [0.4, 0.5) is 0 Å². The minimum absolute atomic E-state index is 0.268. The van der Waals surface area contributed by atoms with Crippen LogP contribution in [0, 0.1) is 0 Å². The summed E-state index contributed by atoms with van der Waals surface area (Å²) >= 11 is 4.63. The number of methoxy groups -OCH3 is 1. The van der Waals surface area contributed by atoms with E-state index >= 15 is 0 Å². The largest absolute Gasteiger partial charge is 0.494 e. The first kappa shape index (κ1) is 22.9. The summed E-state index contributed by atoms with van der Waals surface area (Å²) in [5.74, 6) is 1.44. The predicted molar refractivity (Wildman–Crippen MR) is 129 cm³/mol. The number of rotatable bonds is 7. The highest BCUT2D eigenvalue weighted by Gasteiger charge is 2.15. The van der Waals surface area contributed by atoms with E-state index in [1.165, 1.54) is 29.9 Å². The molecule has 0 saturated carbocycles. The summed E-state index contributed by atoms with van der Waals surface area (Å²) in [6.45, 7) is 4.02. The number of carbonyl (C=O) groups excluding carboxylic acids is 1. The molecule has 0 radical (unpaired) electrons. The van der Waals surface area contributed by atoms with Crippen molar-refractivity contribution in [2.45, 2.75) is 20.3 Å². The van der Waals surface area contributed by atoms with E-state index in [1.54, 1.807) is 18.2 Å². The quantitative estimate of drug-likeness (QED) is 0.265. The molecule has 4 aromatic rings. The molecule has 10 heteroatoms. The van der Waals surface area contributed by atoms with E-state index in [0.717, 1.165) is 17.7 Å². The van der Waals surface area contributed by atoms with E-state index in [9.17, 15) is 9.59 Å². The smallest absolute Gasteiger partial charge is 0.308 e. The van der Waals surface area contributed by atoms with Crippen LogP contribution >= 0.6 is 27.3 Å². The Balaban J connectivity index is 1.67. The Labute approximate surface area is 201 Å². The highest BCUT2D eigenvalue weighted by Crippen LogP contribution is 2.37. The number of carbonyl (C=O) groups is 1. The molecule has 0 bridgehead atoms. The van der Waals surface area contributed by atoms with Gasteiger partial charge in [0.05, 0.1) is 22.7 Å². The van der Waals surface area contributed by atoms with Gasteiger partial charge in [0.1, 0.15) is 5.75 Å². The number of nitrogens with zero attached hydrogens (tertiary/aromatic N) is 3. The van der Waals surface area contributed by atoms with E-state index in [2.05, 4.69) is 32.9 Å². The highest BCUT2D eigenvalue weighted by molar-refractivity contribution is 9.10. The maximum Gasteiger partial charge on any atom is 0.308 e. The summed E-state index contributed by atoms with van der Waals surface area (Å²) in [6.07, 6.45) is 2.65. The Kier molecular flexibility index (Phi) is 6.75. The van der Waals surface area contributed by atoms with Gasteiger partial charge in [-0.15, -0.1) is 5.10 Å². The third-order valence-electron chi connectivity index (χ3n) is 4.56. The van der Waals surface area contributed by atoms with Gasteiger partial charge in [0, 0.05) is 12.5 Å². The van der Waals surface area contributed by atoms with Gasteiger partial charge in [-0.2, -0.15) is 9.50 Å².